The normalized spacial score (nSPS) is 17.0. The van der Waals surface area contributed by atoms with E-state index in [9.17, 15) is 4.79 Å². The highest BCUT2D eigenvalue weighted by Gasteiger charge is 2.41. The Balaban J connectivity index is 1.54. The number of fused-ring (bicyclic) bond motifs is 1. The molecule has 1 saturated heterocycles. The Morgan fingerprint density at radius 3 is 2.79 bits per heavy atom. The van der Waals surface area contributed by atoms with Gasteiger partial charge in [0.15, 0.2) is 5.67 Å². The Morgan fingerprint density at radius 1 is 1.32 bits per heavy atom. The maximum atomic E-state index is 15.1. The van der Waals surface area contributed by atoms with Crippen molar-refractivity contribution in [3.63, 3.8) is 0 Å². The Bertz CT molecular complexity index is 1010. The Labute approximate surface area is 161 Å². The summed E-state index contributed by atoms with van der Waals surface area (Å²) >= 11 is 0. The highest BCUT2D eigenvalue weighted by Crippen LogP contribution is 2.28. The molecule has 0 saturated carbocycles. The number of aryl methyl sites for hydroxylation is 1. The standard InChI is InChI=1S/C19H22FN7O/c1-3-27-8-6-19(20,7-9-27)17(28)23-18-21-11-14-5-4-13(10-15(14)22-18)16-12-26(2)25-24-16/h4-5,10-12H,3,6-9H2,1-2H3,(H,21,22,23,28). The second kappa shape index (κ2) is 7.23. The summed E-state index contributed by atoms with van der Waals surface area (Å²) in [5.74, 6) is -0.573. The van der Waals surface area contributed by atoms with Crippen LogP contribution in [0.5, 0.6) is 0 Å². The second-order valence-electron chi connectivity index (χ2n) is 7.10. The van der Waals surface area contributed by atoms with E-state index in [1.807, 2.05) is 25.1 Å². The van der Waals surface area contributed by atoms with Crippen LogP contribution in [0.3, 0.4) is 0 Å². The molecule has 0 aliphatic carbocycles. The van der Waals surface area contributed by atoms with Crippen molar-refractivity contribution in [2.45, 2.75) is 25.4 Å². The molecule has 0 bridgehead atoms. The summed E-state index contributed by atoms with van der Waals surface area (Å²) in [7, 11) is 1.80. The van der Waals surface area contributed by atoms with E-state index in [2.05, 4.69) is 30.5 Å². The SMILES string of the molecule is CCN1CCC(F)(C(=O)Nc2ncc3ccc(-c4cn(C)nn4)cc3n2)CC1. The quantitative estimate of drug-likeness (QED) is 0.743. The molecule has 1 aliphatic rings. The van der Waals surface area contributed by atoms with E-state index in [4.69, 9.17) is 0 Å². The molecule has 0 radical (unpaired) electrons. The smallest absolute Gasteiger partial charge is 0.264 e. The van der Waals surface area contributed by atoms with Gasteiger partial charge in [-0.15, -0.1) is 5.10 Å². The van der Waals surface area contributed by atoms with Crippen LogP contribution in [0.15, 0.2) is 30.6 Å². The molecule has 8 nitrogen and oxygen atoms in total. The van der Waals surface area contributed by atoms with Crippen LogP contribution in [0.4, 0.5) is 10.3 Å². The third-order valence-corrected chi connectivity index (χ3v) is 5.21. The molecule has 28 heavy (non-hydrogen) atoms. The Hall–Kier alpha value is -2.94. The molecule has 3 aromatic rings. The van der Waals surface area contributed by atoms with Crippen molar-refractivity contribution in [2.75, 3.05) is 25.0 Å². The van der Waals surface area contributed by atoms with Gasteiger partial charge in [0.05, 0.1) is 11.7 Å². The van der Waals surface area contributed by atoms with E-state index in [0.717, 1.165) is 23.2 Å². The number of nitrogens with one attached hydrogen (secondary N) is 1. The van der Waals surface area contributed by atoms with Crippen LogP contribution in [0, 0.1) is 0 Å². The first-order chi connectivity index (χ1) is 13.5. The molecule has 1 N–H and O–H groups in total. The molecule has 9 heteroatoms. The van der Waals surface area contributed by atoms with E-state index < -0.39 is 11.6 Å². The minimum absolute atomic E-state index is 0.101. The van der Waals surface area contributed by atoms with Gasteiger partial charge in [0.1, 0.15) is 5.69 Å². The largest absolute Gasteiger partial charge is 0.303 e. The van der Waals surface area contributed by atoms with Gasteiger partial charge in [-0.05, 0) is 12.6 Å². The second-order valence-corrected chi connectivity index (χ2v) is 7.10. The summed E-state index contributed by atoms with van der Waals surface area (Å²) < 4.78 is 16.7. The number of carbonyl (C=O) groups is 1. The van der Waals surface area contributed by atoms with Crippen molar-refractivity contribution in [1.29, 1.82) is 0 Å². The van der Waals surface area contributed by atoms with E-state index in [1.54, 1.807) is 24.1 Å². The van der Waals surface area contributed by atoms with Crippen molar-refractivity contribution in [3.8, 4) is 11.3 Å². The third kappa shape index (κ3) is 3.57. The predicted octanol–water partition coefficient (Wildman–Crippen LogP) is 2.19. The zero-order chi connectivity index (χ0) is 19.7. The van der Waals surface area contributed by atoms with Gasteiger partial charge in [0.25, 0.3) is 5.91 Å². The molecule has 0 unspecified atom stereocenters. The first-order valence-corrected chi connectivity index (χ1v) is 9.33. The number of amides is 1. The fraction of sp³-hybridized carbons (Fsp3) is 0.421. The van der Waals surface area contributed by atoms with Crippen LogP contribution < -0.4 is 5.32 Å². The Kier molecular flexibility index (Phi) is 4.76. The minimum atomic E-state index is -1.88. The van der Waals surface area contributed by atoms with E-state index in [0.29, 0.717) is 18.6 Å². The molecule has 1 aliphatic heterocycles. The molecule has 1 amide bonds. The number of nitrogens with zero attached hydrogens (tertiary/aromatic N) is 6. The highest BCUT2D eigenvalue weighted by atomic mass is 19.1. The topological polar surface area (TPSA) is 88.8 Å². The summed E-state index contributed by atoms with van der Waals surface area (Å²) in [6, 6.07) is 5.63. The number of halogens is 1. The lowest BCUT2D eigenvalue weighted by Crippen LogP contribution is -2.48. The number of alkyl halides is 1. The minimum Gasteiger partial charge on any atom is -0.303 e. The van der Waals surface area contributed by atoms with Crippen molar-refractivity contribution in [1.82, 2.24) is 29.9 Å². The fourth-order valence-electron chi connectivity index (χ4n) is 3.39. The number of carbonyl (C=O) groups excluding carboxylic acids is 1. The molecular weight excluding hydrogens is 361 g/mol. The lowest BCUT2D eigenvalue weighted by atomic mass is 9.92. The van der Waals surface area contributed by atoms with Gasteiger partial charge >= 0.3 is 0 Å². The van der Waals surface area contributed by atoms with Crippen molar-refractivity contribution >= 4 is 22.8 Å². The van der Waals surface area contributed by atoms with Gasteiger partial charge in [-0.1, -0.05) is 24.3 Å². The monoisotopic (exact) mass is 383 g/mol. The summed E-state index contributed by atoms with van der Waals surface area (Å²) in [6.45, 7) is 4.03. The first kappa shape index (κ1) is 18.4. The van der Waals surface area contributed by atoms with Crippen molar-refractivity contribution < 1.29 is 9.18 Å². The van der Waals surface area contributed by atoms with Crippen LogP contribution in [0.1, 0.15) is 19.8 Å². The molecule has 1 fully saturated rings. The zero-order valence-electron chi connectivity index (χ0n) is 15.9. The molecule has 0 spiro atoms. The summed E-state index contributed by atoms with van der Waals surface area (Å²) in [5.41, 5.74) is 0.331. The van der Waals surface area contributed by atoms with Gasteiger partial charge in [0, 0.05) is 50.1 Å². The molecular formula is C19H22FN7O. The lowest BCUT2D eigenvalue weighted by molar-refractivity contribution is -0.130. The van der Waals surface area contributed by atoms with Gasteiger partial charge in [-0.25, -0.2) is 14.4 Å². The number of piperidine rings is 1. The molecule has 1 aromatic carbocycles. The number of anilines is 1. The summed E-state index contributed by atoms with van der Waals surface area (Å²) in [5, 5.41) is 11.4. The highest BCUT2D eigenvalue weighted by molar-refractivity contribution is 5.96. The van der Waals surface area contributed by atoms with E-state index >= 15 is 4.39 Å². The summed E-state index contributed by atoms with van der Waals surface area (Å²) in [4.78, 5) is 23.2. The van der Waals surface area contributed by atoms with Crippen LogP contribution in [0.25, 0.3) is 22.2 Å². The maximum Gasteiger partial charge on any atom is 0.264 e. The molecule has 146 valence electrons. The number of likely N-dealkylation sites (tertiary alicyclic amines) is 1. The van der Waals surface area contributed by atoms with Gasteiger partial charge in [-0.3, -0.25) is 14.8 Å². The molecule has 2 aromatic heterocycles. The number of rotatable bonds is 4. The van der Waals surface area contributed by atoms with Gasteiger partial charge in [-0.2, -0.15) is 0 Å². The van der Waals surface area contributed by atoms with Gasteiger partial charge < -0.3 is 4.90 Å². The van der Waals surface area contributed by atoms with Crippen molar-refractivity contribution in [2.24, 2.45) is 7.05 Å². The fourth-order valence-corrected chi connectivity index (χ4v) is 3.39. The first-order valence-electron chi connectivity index (χ1n) is 9.33. The Morgan fingerprint density at radius 2 is 2.11 bits per heavy atom. The van der Waals surface area contributed by atoms with Gasteiger partial charge in [0.2, 0.25) is 5.95 Å². The van der Waals surface area contributed by atoms with Crippen LogP contribution >= 0.6 is 0 Å². The molecule has 3 heterocycles. The predicted molar refractivity (Wildman–Crippen MR) is 103 cm³/mol. The van der Waals surface area contributed by atoms with Crippen LogP contribution in [-0.2, 0) is 11.8 Å². The third-order valence-electron chi connectivity index (χ3n) is 5.21. The average Bonchev–Trinajstić information content (AvgIpc) is 3.14. The van der Waals surface area contributed by atoms with Crippen molar-refractivity contribution in [3.05, 3.63) is 30.6 Å². The van der Waals surface area contributed by atoms with E-state index in [-0.39, 0.29) is 18.8 Å². The number of benzene rings is 1. The molecule has 4 rings (SSSR count). The number of aromatic nitrogens is 5. The number of hydrogen-bond acceptors (Lipinski definition) is 6. The zero-order valence-corrected chi connectivity index (χ0v) is 15.9. The summed E-state index contributed by atoms with van der Waals surface area (Å²) in [6.07, 6.45) is 3.78. The molecule has 0 atom stereocenters. The van der Waals surface area contributed by atoms with E-state index in [1.165, 1.54) is 0 Å². The van der Waals surface area contributed by atoms with Crippen LogP contribution in [-0.4, -0.2) is 61.1 Å². The maximum absolute atomic E-state index is 15.1. The number of hydrogen-bond donors (Lipinski definition) is 1. The van der Waals surface area contributed by atoms with Crippen LogP contribution in [0.2, 0.25) is 0 Å². The lowest BCUT2D eigenvalue weighted by Gasteiger charge is -2.34. The average molecular weight is 383 g/mol.